The van der Waals surface area contributed by atoms with Gasteiger partial charge in [-0.25, -0.2) is 0 Å². The molecule has 0 bridgehead atoms. The molecule has 1 N–H and O–H groups in total. The van der Waals surface area contributed by atoms with Gasteiger partial charge in [-0.2, -0.15) is 0 Å². The van der Waals surface area contributed by atoms with Crippen molar-refractivity contribution in [2.24, 2.45) is 0 Å². The van der Waals surface area contributed by atoms with Crippen LogP contribution in [-0.4, -0.2) is 7.05 Å². The Balaban J connectivity index is 2.37. The summed E-state index contributed by atoms with van der Waals surface area (Å²) < 4.78 is 1.09. The van der Waals surface area contributed by atoms with Gasteiger partial charge < -0.3 is 5.32 Å². The van der Waals surface area contributed by atoms with E-state index in [0.29, 0.717) is 0 Å². The van der Waals surface area contributed by atoms with Gasteiger partial charge >= 0.3 is 0 Å². The Morgan fingerprint density at radius 2 is 1.90 bits per heavy atom. The van der Waals surface area contributed by atoms with E-state index in [1.165, 1.54) is 15.3 Å². The SMILES string of the molecule is CNC(c1ccc(I)c(Cl)c1)c1ccc(C(C)(C)C)s1. The minimum atomic E-state index is 0.199. The Morgan fingerprint density at radius 3 is 2.40 bits per heavy atom. The van der Waals surface area contributed by atoms with Crippen LogP contribution < -0.4 is 5.32 Å². The van der Waals surface area contributed by atoms with Gasteiger partial charge in [0.25, 0.3) is 0 Å². The van der Waals surface area contributed by atoms with E-state index in [-0.39, 0.29) is 11.5 Å². The van der Waals surface area contributed by atoms with E-state index in [4.69, 9.17) is 11.6 Å². The molecule has 0 spiro atoms. The fraction of sp³-hybridized carbons (Fsp3) is 0.375. The fourth-order valence-electron chi connectivity index (χ4n) is 2.08. The lowest BCUT2D eigenvalue weighted by molar-refractivity contribution is 0.604. The number of hydrogen-bond donors (Lipinski definition) is 1. The van der Waals surface area contributed by atoms with Gasteiger partial charge in [0, 0.05) is 13.3 Å². The molecule has 4 heteroatoms. The summed E-state index contributed by atoms with van der Waals surface area (Å²) in [4.78, 5) is 2.74. The first-order chi connectivity index (χ1) is 9.32. The standard InChI is InChI=1S/C16H19ClINS/c1-16(2,3)14-8-7-13(20-14)15(19-4)10-5-6-12(18)11(17)9-10/h5-9,15,19H,1-4H3. The van der Waals surface area contributed by atoms with Crippen molar-refractivity contribution in [2.45, 2.75) is 32.2 Å². The van der Waals surface area contributed by atoms with Crippen molar-refractivity contribution in [1.82, 2.24) is 5.32 Å². The summed E-state index contributed by atoms with van der Waals surface area (Å²) in [5.41, 5.74) is 1.41. The first-order valence-electron chi connectivity index (χ1n) is 6.55. The fourth-order valence-corrected chi connectivity index (χ4v) is 3.80. The molecule has 1 heterocycles. The van der Waals surface area contributed by atoms with Gasteiger partial charge in [-0.05, 0) is 64.9 Å². The number of hydrogen-bond acceptors (Lipinski definition) is 2. The molecule has 0 aliphatic rings. The molecule has 2 aromatic rings. The molecular weight excluding hydrogens is 401 g/mol. The second kappa shape index (κ2) is 6.34. The molecule has 0 amide bonds. The maximum atomic E-state index is 6.25. The maximum Gasteiger partial charge on any atom is 0.0669 e. The molecule has 0 fully saturated rings. The highest BCUT2D eigenvalue weighted by atomic mass is 127. The van der Waals surface area contributed by atoms with Gasteiger partial charge in [-0.1, -0.05) is 38.4 Å². The van der Waals surface area contributed by atoms with E-state index in [1.807, 2.05) is 18.4 Å². The number of rotatable bonds is 3. The van der Waals surface area contributed by atoms with Gasteiger partial charge in [0.05, 0.1) is 11.1 Å². The second-order valence-electron chi connectivity index (χ2n) is 5.85. The summed E-state index contributed by atoms with van der Waals surface area (Å²) in [7, 11) is 1.99. The Labute approximate surface area is 143 Å². The van der Waals surface area contributed by atoms with Gasteiger partial charge in [-0.3, -0.25) is 0 Å². The highest BCUT2D eigenvalue weighted by Gasteiger charge is 2.20. The average molecular weight is 420 g/mol. The van der Waals surface area contributed by atoms with Gasteiger partial charge in [0.15, 0.2) is 0 Å². The number of thiophene rings is 1. The van der Waals surface area contributed by atoms with Crippen molar-refractivity contribution in [1.29, 1.82) is 0 Å². The second-order valence-corrected chi connectivity index (χ2v) is 8.53. The third kappa shape index (κ3) is 3.56. The van der Waals surface area contributed by atoms with E-state index in [1.54, 1.807) is 0 Å². The van der Waals surface area contributed by atoms with Crippen LogP contribution in [0.1, 0.15) is 42.1 Å². The lowest BCUT2D eigenvalue weighted by Crippen LogP contribution is -2.16. The summed E-state index contributed by atoms with van der Waals surface area (Å²) in [5.74, 6) is 0. The molecule has 0 saturated carbocycles. The van der Waals surface area contributed by atoms with Crippen LogP contribution in [0.5, 0.6) is 0 Å². The van der Waals surface area contributed by atoms with E-state index in [9.17, 15) is 0 Å². The van der Waals surface area contributed by atoms with Gasteiger partial charge in [0.1, 0.15) is 0 Å². The first kappa shape index (κ1) is 16.3. The van der Waals surface area contributed by atoms with Crippen LogP contribution in [0.15, 0.2) is 30.3 Å². The molecule has 2 rings (SSSR count). The van der Waals surface area contributed by atoms with E-state index in [0.717, 1.165) is 8.59 Å². The van der Waals surface area contributed by atoms with Crippen LogP contribution in [-0.2, 0) is 5.41 Å². The molecule has 0 aliphatic carbocycles. The molecule has 1 atom stereocenters. The minimum Gasteiger partial charge on any atom is -0.309 e. The van der Waals surface area contributed by atoms with Crippen LogP contribution in [0.4, 0.5) is 0 Å². The van der Waals surface area contributed by atoms with Crippen molar-refractivity contribution < 1.29 is 0 Å². The third-order valence-electron chi connectivity index (χ3n) is 3.22. The monoisotopic (exact) mass is 419 g/mol. The Bertz CT molecular complexity index is 601. The van der Waals surface area contributed by atoms with E-state index < -0.39 is 0 Å². The van der Waals surface area contributed by atoms with Crippen molar-refractivity contribution in [3.63, 3.8) is 0 Å². The average Bonchev–Trinajstić information content (AvgIpc) is 2.84. The molecule has 1 aromatic heterocycles. The normalized spacial score (nSPS) is 13.5. The zero-order valence-corrected chi connectivity index (χ0v) is 15.9. The van der Waals surface area contributed by atoms with E-state index >= 15 is 0 Å². The van der Waals surface area contributed by atoms with Gasteiger partial charge in [-0.15, -0.1) is 11.3 Å². The lowest BCUT2D eigenvalue weighted by Gasteiger charge is -2.18. The summed E-state index contributed by atoms with van der Waals surface area (Å²) in [6.45, 7) is 6.75. The molecule has 1 nitrogen and oxygen atoms in total. The van der Waals surface area contributed by atoms with Crippen LogP contribution in [0.2, 0.25) is 5.02 Å². The Morgan fingerprint density at radius 1 is 1.20 bits per heavy atom. The third-order valence-corrected chi connectivity index (χ3v) is 6.36. The van der Waals surface area contributed by atoms with Crippen molar-refractivity contribution in [2.75, 3.05) is 7.05 Å². The van der Waals surface area contributed by atoms with Gasteiger partial charge in [0.2, 0.25) is 0 Å². The largest absolute Gasteiger partial charge is 0.309 e. The molecule has 0 aliphatic heterocycles. The molecule has 0 radical (unpaired) electrons. The predicted molar refractivity (Wildman–Crippen MR) is 98.1 cm³/mol. The van der Waals surface area contributed by atoms with Crippen molar-refractivity contribution in [3.05, 3.63) is 54.2 Å². The summed E-state index contributed by atoms with van der Waals surface area (Å²) in [6, 6.07) is 10.9. The topological polar surface area (TPSA) is 12.0 Å². The quantitative estimate of drug-likeness (QED) is 0.637. The maximum absolute atomic E-state index is 6.25. The smallest absolute Gasteiger partial charge is 0.0669 e. The zero-order valence-electron chi connectivity index (χ0n) is 12.1. The summed E-state index contributed by atoms with van der Waals surface area (Å²) in [5, 5.41) is 4.21. The molecule has 1 aromatic carbocycles. The lowest BCUT2D eigenvalue weighted by atomic mass is 9.95. The Kier molecular flexibility index (Phi) is 5.16. The molecule has 108 valence electrons. The number of halogens is 2. The number of benzene rings is 1. The minimum absolute atomic E-state index is 0.199. The van der Waals surface area contributed by atoms with Crippen LogP contribution in [0, 0.1) is 3.57 Å². The molecule has 20 heavy (non-hydrogen) atoms. The number of nitrogens with one attached hydrogen (secondary N) is 1. The Hall–Kier alpha value is -0.100. The first-order valence-corrected chi connectivity index (χ1v) is 8.82. The zero-order chi connectivity index (χ0) is 14.9. The van der Waals surface area contributed by atoms with Crippen LogP contribution in [0.3, 0.4) is 0 Å². The van der Waals surface area contributed by atoms with Crippen molar-refractivity contribution >= 4 is 45.5 Å². The molecule has 1 unspecified atom stereocenters. The van der Waals surface area contributed by atoms with Crippen LogP contribution in [0.25, 0.3) is 0 Å². The van der Waals surface area contributed by atoms with E-state index in [2.05, 4.69) is 79.0 Å². The predicted octanol–water partition coefficient (Wildman–Crippen LogP) is 5.61. The van der Waals surface area contributed by atoms with Crippen LogP contribution >= 0.6 is 45.5 Å². The van der Waals surface area contributed by atoms with Crippen molar-refractivity contribution in [3.8, 4) is 0 Å². The summed E-state index contributed by atoms with van der Waals surface area (Å²) in [6.07, 6.45) is 0. The molecule has 0 saturated heterocycles. The molecular formula is C16H19ClINS. The highest BCUT2D eigenvalue weighted by molar-refractivity contribution is 14.1. The summed E-state index contributed by atoms with van der Waals surface area (Å²) >= 11 is 10.4. The highest BCUT2D eigenvalue weighted by Crippen LogP contribution is 2.35.